The number of halogens is 1. The van der Waals surface area contributed by atoms with Crippen molar-refractivity contribution >= 4 is 39.1 Å². The highest BCUT2D eigenvalue weighted by atomic mass is 35.5. The molecule has 12 heteroatoms. The Morgan fingerprint density at radius 1 is 1.10 bits per heavy atom. The van der Waals surface area contributed by atoms with Crippen LogP contribution in [0.25, 0.3) is 0 Å². The van der Waals surface area contributed by atoms with E-state index >= 15 is 0 Å². The van der Waals surface area contributed by atoms with E-state index in [1.807, 2.05) is 25.1 Å². The van der Waals surface area contributed by atoms with Gasteiger partial charge in [0.15, 0.2) is 0 Å². The molecule has 3 aliphatic heterocycles. The van der Waals surface area contributed by atoms with Gasteiger partial charge >= 0.3 is 6.03 Å². The number of likely N-dealkylation sites (tertiary alicyclic amines) is 1. The third-order valence-corrected chi connectivity index (χ3v) is 15.0. The lowest BCUT2D eigenvalue weighted by atomic mass is 9.62. The number of urea groups is 1. The molecule has 6 atom stereocenters. The van der Waals surface area contributed by atoms with Crippen molar-refractivity contribution in [3.8, 4) is 5.75 Å². The van der Waals surface area contributed by atoms with Crippen molar-refractivity contribution in [3.05, 3.63) is 70.3 Å². The summed E-state index contributed by atoms with van der Waals surface area (Å²) in [5.74, 6) is 0.798. The average molecular weight is 751 g/mol. The molecule has 0 radical (unpaired) electrons. The van der Waals surface area contributed by atoms with Crippen molar-refractivity contribution in [2.24, 2.45) is 27.5 Å². The van der Waals surface area contributed by atoms with Gasteiger partial charge in [-0.1, -0.05) is 36.7 Å². The maximum atomic E-state index is 14.6. The summed E-state index contributed by atoms with van der Waals surface area (Å²) in [6, 6.07) is 11.2. The highest BCUT2D eigenvalue weighted by Crippen LogP contribution is 2.50. The van der Waals surface area contributed by atoms with Gasteiger partial charge in [0.25, 0.3) is 5.91 Å². The standard InChI is InChI=1S/C40H51ClN4O6S/c1-26-6-4-8-35(50-3)32-12-9-29(32)20-44-24-40(15-5-7-27-16-30(41)11-13-33(27)40)25-51-36-14-10-28(17-34(36)44)37(46)42-52(48,21-26)43-38(47)45-22-39(23-45)18-31(19-39)49-2/h4,8,10-11,13-14,16-17,26,29,31-32,35H,5-7,9,12,15,18-25H2,1-3H3,(H,42,43,46,47,48)/b8-4+/t26-,29-,32+,35-,40-,52-/m0/s1. The zero-order valence-corrected chi connectivity index (χ0v) is 32.1. The number of aryl methyl sites for hydroxylation is 1. The zero-order chi connectivity index (χ0) is 36.3. The number of ether oxygens (including phenoxy) is 3. The molecule has 280 valence electrons. The molecule has 3 fully saturated rings. The predicted molar refractivity (Wildman–Crippen MR) is 202 cm³/mol. The lowest BCUT2D eigenvalue weighted by Gasteiger charge is -2.58. The molecule has 3 amide bonds. The predicted octanol–water partition coefficient (Wildman–Crippen LogP) is 6.79. The Kier molecular flexibility index (Phi) is 9.62. The molecule has 52 heavy (non-hydrogen) atoms. The lowest BCUT2D eigenvalue weighted by molar-refractivity contribution is -0.124. The molecule has 2 saturated carbocycles. The van der Waals surface area contributed by atoms with Crippen LogP contribution in [-0.4, -0.2) is 86.0 Å². The number of nitrogens with one attached hydrogen (secondary N) is 1. The minimum Gasteiger partial charge on any atom is -0.490 e. The molecule has 2 bridgehead atoms. The molecular weight excluding hydrogens is 700 g/mol. The Hall–Kier alpha value is -3.12. The number of allylic oxidation sites excluding steroid dienone is 1. The van der Waals surface area contributed by atoms with Crippen LogP contribution in [0.3, 0.4) is 0 Å². The van der Waals surface area contributed by atoms with Crippen LogP contribution in [-0.2, 0) is 31.2 Å². The first kappa shape index (κ1) is 35.9. The van der Waals surface area contributed by atoms with Crippen LogP contribution < -0.4 is 14.4 Å². The maximum Gasteiger partial charge on any atom is 0.329 e. The topological polar surface area (TPSA) is 110 Å². The van der Waals surface area contributed by atoms with Crippen molar-refractivity contribution in [2.45, 2.75) is 75.9 Å². The number of carbonyl (C=O) groups excluding carboxylic acids is 2. The number of hydrogen-bond acceptors (Lipinski definition) is 7. The molecule has 6 aliphatic rings. The zero-order valence-electron chi connectivity index (χ0n) is 30.5. The summed E-state index contributed by atoms with van der Waals surface area (Å²) in [5, 5.41) is 0.746. The van der Waals surface area contributed by atoms with Gasteiger partial charge in [0.2, 0.25) is 0 Å². The summed E-state index contributed by atoms with van der Waals surface area (Å²) in [7, 11) is 0.0261. The minimum absolute atomic E-state index is 0.0438. The Morgan fingerprint density at radius 2 is 1.92 bits per heavy atom. The van der Waals surface area contributed by atoms with Gasteiger partial charge in [-0.15, -0.1) is 4.36 Å². The van der Waals surface area contributed by atoms with Crippen molar-refractivity contribution in [3.63, 3.8) is 0 Å². The summed E-state index contributed by atoms with van der Waals surface area (Å²) < 4.78 is 39.9. The first-order valence-electron chi connectivity index (χ1n) is 18.9. The van der Waals surface area contributed by atoms with Gasteiger partial charge in [-0.2, -0.15) is 0 Å². The van der Waals surface area contributed by atoms with Crippen molar-refractivity contribution in [2.75, 3.05) is 57.7 Å². The second-order valence-electron chi connectivity index (χ2n) is 16.5. The molecule has 3 aliphatic carbocycles. The quantitative estimate of drug-likeness (QED) is 0.344. The Bertz CT molecular complexity index is 1880. The molecule has 2 aromatic carbocycles. The number of fused-ring (bicyclic) bond motifs is 4. The molecule has 1 saturated heterocycles. The van der Waals surface area contributed by atoms with E-state index in [0.29, 0.717) is 43.5 Å². The molecule has 3 heterocycles. The van der Waals surface area contributed by atoms with Gasteiger partial charge in [-0.05, 0) is 111 Å². The summed E-state index contributed by atoms with van der Waals surface area (Å²) in [6.07, 6.45) is 12.1. The summed E-state index contributed by atoms with van der Waals surface area (Å²) in [6.45, 7) is 5.19. The number of carbonyl (C=O) groups is 2. The number of hydrogen-bond donors (Lipinski definition) is 1. The van der Waals surface area contributed by atoms with E-state index < -0.39 is 21.9 Å². The Labute approximate surface area is 312 Å². The number of rotatable bonds is 3. The van der Waals surface area contributed by atoms with Crippen molar-refractivity contribution in [1.29, 1.82) is 0 Å². The first-order valence-corrected chi connectivity index (χ1v) is 20.9. The number of benzene rings is 2. The first-order chi connectivity index (χ1) is 25.0. The van der Waals surface area contributed by atoms with E-state index in [1.54, 1.807) is 25.2 Å². The van der Waals surface area contributed by atoms with Crippen LogP contribution in [0.1, 0.15) is 73.4 Å². The van der Waals surface area contributed by atoms with Crippen molar-refractivity contribution < 1.29 is 28.0 Å². The lowest BCUT2D eigenvalue weighted by Crippen LogP contribution is -2.67. The fourth-order valence-corrected chi connectivity index (χ4v) is 11.9. The van der Waals surface area contributed by atoms with Gasteiger partial charge in [0.1, 0.15) is 15.7 Å². The van der Waals surface area contributed by atoms with Crippen LogP contribution in [0.4, 0.5) is 10.5 Å². The summed E-state index contributed by atoms with van der Waals surface area (Å²) in [4.78, 5) is 31.6. The molecule has 10 nitrogen and oxygen atoms in total. The SMILES string of the molecule is COC1CC2(C1)CN(C(=O)N[S@@]1(=O)=NC(=O)c3ccc4c(c3)N(C[C@@H]3CC[C@H]3[C@@H](OC)/C=C/C[C@H](C)C1)C[C@@]1(CCCc3cc(Cl)ccc31)CO4)C2. The molecule has 2 aromatic rings. The monoisotopic (exact) mass is 750 g/mol. The van der Waals surface area contributed by atoms with Crippen LogP contribution in [0, 0.1) is 23.2 Å². The third-order valence-electron chi connectivity index (χ3n) is 12.8. The molecule has 2 spiro atoms. The number of amides is 3. The molecule has 0 unspecified atom stereocenters. The van der Waals surface area contributed by atoms with E-state index in [9.17, 15) is 13.8 Å². The van der Waals surface area contributed by atoms with E-state index in [1.165, 1.54) is 11.1 Å². The average Bonchev–Trinajstić information content (AvgIpc) is 3.21. The number of anilines is 1. The highest BCUT2D eigenvalue weighted by Gasteiger charge is 2.54. The third kappa shape index (κ3) is 6.75. The highest BCUT2D eigenvalue weighted by molar-refractivity contribution is 7.92. The van der Waals surface area contributed by atoms with Gasteiger partial charge in [0, 0.05) is 61.8 Å². The fraction of sp³-hybridized carbons (Fsp3) is 0.600. The van der Waals surface area contributed by atoms with Gasteiger partial charge < -0.3 is 24.0 Å². The molecule has 8 rings (SSSR count). The minimum atomic E-state index is -3.47. The van der Waals surface area contributed by atoms with Gasteiger partial charge in [-0.3, -0.25) is 9.52 Å². The maximum absolute atomic E-state index is 14.6. The Balaban J connectivity index is 1.14. The number of methoxy groups -OCH3 is 2. The smallest absolute Gasteiger partial charge is 0.329 e. The number of nitrogens with zero attached hydrogens (tertiary/aromatic N) is 3. The summed E-state index contributed by atoms with van der Waals surface area (Å²) in [5.41, 5.74) is 3.54. The normalized spacial score (nSPS) is 33.3. The Morgan fingerprint density at radius 3 is 2.67 bits per heavy atom. The van der Waals surface area contributed by atoms with E-state index in [4.69, 9.17) is 25.8 Å². The molecule has 0 aromatic heterocycles. The molecular formula is C40H51ClN4O6S. The van der Waals surface area contributed by atoms with Crippen LogP contribution in [0.5, 0.6) is 5.75 Å². The van der Waals surface area contributed by atoms with Crippen LogP contribution >= 0.6 is 11.6 Å². The van der Waals surface area contributed by atoms with Crippen LogP contribution in [0.2, 0.25) is 5.02 Å². The fourth-order valence-electron chi connectivity index (χ4n) is 9.81. The van der Waals surface area contributed by atoms with Crippen LogP contribution in [0.15, 0.2) is 52.9 Å². The van der Waals surface area contributed by atoms with E-state index in [0.717, 1.165) is 74.5 Å². The van der Waals surface area contributed by atoms with Gasteiger partial charge in [0.05, 0.1) is 30.3 Å². The molecule has 1 N–H and O–H groups in total. The van der Waals surface area contributed by atoms with E-state index in [-0.39, 0.29) is 34.7 Å². The van der Waals surface area contributed by atoms with Gasteiger partial charge in [-0.25, -0.2) is 9.00 Å². The second-order valence-corrected chi connectivity index (χ2v) is 18.9. The summed E-state index contributed by atoms with van der Waals surface area (Å²) >= 11 is 6.47. The second kappa shape index (κ2) is 13.9. The largest absolute Gasteiger partial charge is 0.490 e. The van der Waals surface area contributed by atoms with Crippen molar-refractivity contribution in [1.82, 2.24) is 9.62 Å². The van der Waals surface area contributed by atoms with E-state index in [2.05, 4.69) is 38.3 Å².